The number of carbonyl (C=O) groups excluding carboxylic acids is 2. The zero-order valence-corrected chi connectivity index (χ0v) is 14.8. The van der Waals surface area contributed by atoms with Crippen LogP contribution in [0.1, 0.15) is 11.1 Å². The lowest BCUT2D eigenvalue weighted by molar-refractivity contribution is -0.143. The number of para-hydroxylation sites is 2. The quantitative estimate of drug-likeness (QED) is 0.896. The predicted molar refractivity (Wildman–Crippen MR) is 96.5 cm³/mol. The van der Waals surface area contributed by atoms with Crippen LogP contribution in [0.2, 0.25) is 0 Å². The number of amides is 2. The van der Waals surface area contributed by atoms with Crippen LogP contribution < -0.4 is 10.1 Å². The van der Waals surface area contributed by atoms with Gasteiger partial charge in [-0.25, -0.2) is 4.39 Å². The highest BCUT2D eigenvalue weighted by atomic mass is 19.1. The van der Waals surface area contributed by atoms with Gasteiger partial charge < -0.3 is 15.0 Å². The Morgan fingerprint density at radius 1 is 1.12 bits per heavy atom. The lowest BCUT2D eigenvalue weighted by Gasteiger charge is -2.38. The van der Waals surface area contributed by atoms with E-state index >= 15 is 0 Å². The molecular weight excluding hydrogens is 335 g/mol. The molecule has 1 fully saturated rings. The first-order valence-corrected chi connectivity index (χ1v) is 8.48. The highest BCUT2D eigenvalue weighted by Crippen LogP contribution is 2.23. The van der Waals surface area contributed by atoms with Crippen LogP contribution >= 0.6 is 0 Å². The summed E-state index contributed by atoms with van der Waals surface area (Å²) in [6, 6.07) is 11.8. The number of nitrogens with zero attached hydrogens (tertiary/aromatic N) is 1. The second kappa shape index (κ2) is 7.56. The summed E-state index contributed by atoms with van der Waals surface area (Å²) in [6.07, 6.45) is 0. The SMILES string of the molecule is Cc1cccc(C)c1NC(=O)C1CN(C(=O)COc2ccccc2F)C1. The number of ether oxygens (including phenoxy) is 1. The minimum Gasteiger partial charge on any atom is -0.481 e. The number of halogens is 1. The molecule has 0 aliphatic carbocycles. The van der Waals surface area contributed by atoms with E-state index in [2.05, 4.69) is 5.32 Å². The van der Waals surface area contributed by atoms with Gasteiger partial charge in [-0.05, 0) is 37.1 Å². The maximum Gasteiger partial charge on any atom is 0.260 e. The van der Waals surface area contributed by atoms with Crippen LogP contribution in [0.4, 0.5) is 10.1 Å². The van der Waals surface area contributed by atoms with Crippen LogP contribution in [0.25, 0.3) is 0 Å². The van der Waals surface area contributed by atoms with Crippen LogP contribution in [0.15, 0.2) is 42.5 Å². The summed E-state index contributed by atoms with van der Waals surface area (Å²) in [5.74, 6) is -1.06. The van der Waals surface area contributed by atoms with Crippen molar-refractivity contribution < 1.29 is 18.7 Å². The molecule has 6 heteroatoms. The molecule has 1 heterocycles. The molecule has 136 valence electrons. The second-order valence-corrected chi connectivity index (χ2v) is 6.47. The number of nitrogens with one attached hydrogen (secondary N) is 1. The first kappa shape index (κ1) is 17.9. The molecule has 0 spiro atoms. The first-order valence-electron chi connectivity index (χ1n) is 8.48. The van der Waals surface area contributed by atoms with Crippen molar-refractivity contribution in [2.45, 2.75) is 13.8 Å². The molecule has 1 aliphatic rings. The zero-order chi connectivity index (χ0) is 18.7. The molecule has 0 radical (unpaired) electrons. The minimum atomic E-state index is -0.505. The molecule has 2 aromatic rings. The summed E-state index contributed by atoms with van der Waals surface area (Å²) >= 11 is 0. The van der Waals surface area contributed by atoms with Gasteiger partial charge in [0.15, 0.2) is 18.2 Å². The summed E-state index contributed by atoms with van der Waals surface area (Å²) in [5.41, 5.74) is 2.83. The Labute approximate surface area is 151 Å². The fraction of sp³-hybridized carbons (Fsp3) is 0.300. The Hall–Kier alpha value is -2.89. The van der Waals surface area contributed by atoms with Crippen molar-refractivity contribution in [3.8, 4) is 5.75 Å². The van der Waals surface area contributed by atoms with Crippen molar-refractivity contribution in [3.05, 3.63) is 59.4 Å². The Balaban J connectivity index is 1.48. The molecular formula is C20H21FN2O3. The maximum atomic E-state index is 13.5. The Bertz CT molecular complexity index is 811. The van der Waals surface area contributed by atoms with Crippen LogP contribution in [0.3, 0.4) is 0 Å². The van der Waals surface area contributed by atoms with E-state index in [9.17, 15) is 14.0 Å². The Morgan fingerprint density at radius 2 is 1.77 bits per heavy atom. The third-order valence-corrected chi connectivity index (χ3v) is 4.52. The van der Waals surface area contributed by atoms with Crippen molar-refractivity contribution in [1.82, 2.24) is 4.90 Å². The van der Waals surface area contributed by atoms with Gasteiger partial charge in [0.25, 0.3) is 5.91 Å². The van der Waals surface area contributed by atoms with E-state index in [1.54, 1.807) is 12.1 Å². The Morgan fingerprint density at radius 3 is 2.42 bits per heavy atom. The second-order valence-electron chi connectivity index (χ2n) is 6.47. The fourth-order valence-corrected chi connectivity index (χ4v) is 2.88. The average Bonchev–Trinajstić information content (AvgIpc) is 2.56. The van der Waals surface area contributed by atoms with E-state index in [4.69, 9.17) is 4.74 Å². The first-order chi connectivity index (χ1) is 12.5. The average molecular weight is 356 g/mol. The molecule has 3 rings (SSSR count). The van der Waals surface area contributed by atoms with Crippen molar-refractivity contribution >= 4 is 17.5 Å². The van der Waals surface area contributed by atoms with E-state index in [1.165, 1.54) is 17.0 Å². The molecule has 1 N–H and O–H groups in total. The van der Waals surface area contributed by atoms with Crippen molar-refractivity contribution in [1.29, 1.82) is 0 Å². The number of hydrogen-bond donors (Lipinski definition) is 1. The summed E-state index contributed by atoms with van der Waals surface area (Å²) in [4.78, 5) is 26.0. The zero-order valence-electron chi connectivity index (χ0n) is 14.8. The van der Waals surface area contributed by atoms with Crippen LogP contribution in [0, 0.1) is 25.6 Å². The number of aryl methyl sites for hydroxylation is 2. The molecule has 5 nitrogen and oxygen atoms in total. The third-order valence-electron chi connectivity index (χ3n) is 4.52. The fourth-order valence-electron chi connectivity index (χ4n) is 2.88. The van der Waals surface area contributed by atoms with E-state index < -0.39 is 5.82 Å². The van der Waals surface area contributed by atoms with Gasteiger partial charge in [0.1, 0.15) is 0 Å². The standard InChI is InChI=1S/C20H21FN2O3/c1-13-6-5-7-14(2)19(13)22-20(25)15-10-23(11-15)18(24)12-26-17-9-4-3-8-16(17)21/h3-9,15H,10-12H2,1-2H3,(H,22,25). The number of carbonyl (C=O) groups is 2. The molecule has 0 aromatic heterocycles. The van der Waals surface area contributed by atoms with Gasteiger partial charge in [0, 0.05) is 18.8 Å². The molecule has 0 saturated carbocycles. The number of benzene rings is 2. The van der Waals surface area contributed by atoms with Crippen molar-refractivity contribution in [2.24, 2.45) is 5.92 Å². The largest absolute Gasteiger partial charge is 0.481 e. The van der Waals surface area contributed by atoms with Gasteiger partial charge in [-0.2, -0.15) is 0 Å². The van der Waals surface area contributed by atoms with Crippen molar-refractivity contribution in [3.63, 3.8) is 0 Å². The Kier molecular flexibility index (Phi) is 5.21. The predicted octanol–water partition coefficient (Wildman–Crippen LogP) is 2.92. The van der Waals surface area contributed by atoms with Crippen LogP contribution in [0.5, 0.6) is 5.75 Å². The molecule has 1 saturated heterocycles. The van der Waals surface area contributed by atoms with Gasteiger partial charge in [0.05, 0.1) is 5.92 Å². The number of rotatable bonds is 5. The van der Waals surface area contributed by atoms with E-state index in [0.29, 0.717) is 13.1 Å². The number of hydrogen-bond acceptors (Lipinski definition) is 3. The summed E-state index contributed by atoms with van der Waals surface area (Å²) in [6.45, 7) is 4.33. The van der Waals surface area contributed by atoms with Gasteiger partial charge in [-0.3, -0.25) is 9.59 Å². The summed E-state index contributed by atoms with van der Waals surface area (Å²) < 4.78 is 18.7. The monoisotopic (exact) mass is 356 g/mol. The number of anilines is 1. The normalized spacial score (nSPS) is 13.9. The van der Waals surface area contributed by atoms with Crippen molar-refractivity contribution in [2.75, 3.05) is 25.0 Å². The number of likely N-dealkylation sites (tertiary alicyclic amines) is 1. The molecule has 2 amide bonds. The lowest BCUT2D eigenvalue weighted by Crippen LogP contribution is -2.55. The van der Waals surface area contributed by atoms with Crippen LogP contribution in [-0.4, -0.2) is 36.4 Å². The van der Waals surface area contributed by atoms with E-state index in [1.807, 2.05) is 32.0 Å². The van der Waals surface area contributed by atoms with Crippen LogP contribution in [-0.2, 0) is 9.59 Å². The minimum absolute atomic E-state index is 0.0469. The van der Waals surface area contributed by atoms with Gasteiger partial charge >= 0.3 is 0 Å². The van der Waals surface area contributed by atoms with Gasteiger partial charge in [0.2, 0.25) is 5.91 Å². The summed E-state index contributed by atoms with van der Waals surface area (Å²) in [5, 5.41) is 2.95. The topological polar surface area (TPSA) is 58.6 Å². The smallest absolute Gasteiger partial charge is 0.260 e. The highest BCUT2D eigenvalue weighted by molar-refractivity contribution is 5.96. The summed E-state index contributed by atoms with van der Waals surface area (Å²) in [7, 11) is 0. The highest BCUT2D eigenvalue weighted by Gasteiger charge is 2.36. The molecule has 1 aliphatic heterocycles. The van der Waals surface area contributed by atoms with Gasteiger partial charge in [-0.1, -0.05) is 30.3 Å². The molecule has 26 heavy (non-hydrogen) atoms. The third kappa shape index (κ3) is 3.85. The van der Waals surface area contributed by atoms with E-state index in [0.717, 1.165) is 16.8 Å². The molecule has 0 unspecified atom stereocenters. The van der Waals surface area contributed by atoms with E-state index in [-0.39, 0.29) is 30.1 Å². The van der Waals surface area contributed by atoms with Gasteiger partial charge in [-0.15, -0.1) is 0 Å². The molecule has 0 atom stereocenters. The molecule has 2 aromatic carbocycles. The maximum absolute atomic E-state index is 13.5. The lowest BCUT2D eigenvalue weighted by atomic mass is 9.98. The molecule has 0 bridgehead atoms.